The summed E-state index contributed by atoms with van der Waals surface area (Å²) in [5.74, 6) is 0.679. The molecule has 0 saturated heterocycles. The van der Waals surface area contributed by atoms with Crippen LogP contribution >= 0.6 is 0 Å². The standard InChI is InChI=1S/C20H21NO7S/c1-3-26-15-5-7-16(8-6-15)29(23,24)19(20(22)25-2)13-21-14-4-9-17-18(12-14)28-11-10-27-17/h4-9,12-13,21H,3,10-11H2,1-2H3/b19-13-. The van der Waals surface area contributed by atoms with Crippen molar-refractivity contribution in [3.63, 3.8) is 0 Å². The van der Waals surface area contributed by atoms with Crippen LogP contribution in [0.4, 0.5) is 5.69 Å². The van der Waals surface area contributed by atoms with E-state index >= 15 is 0 Å². The summed E-state index contributed by atoms with van der Waals surface area (Å²) in [7, 11) is -3.00. The number of esters is 1. The molecule has 8 nitrogen and oxygen atoms in total. The lowest BCUT2D eigenvalue weighted by atomic mass is 10.2. The zero-order valence-corrected chi connectivity index (χ0v) is 16.8. The first-order chi connectivity index (χ1) is 14.0. The molecule has 154 valence electrons. The normalized spacial score (nSPS) is 13.5. The van der Waals surface area contributed by atoms with Gasteiger partial charge in [0, 0.05) is 18.0 Å². The predicted octanol–water partition coefficient (Wildman–Crippen LogP) is 2.76. The van der Waals surface area contributed by atoms with Crippen LogP contribution in [0.3, 0.4) is 0 Å². The van der Waals surface area contributed by atoms with Crippen molar-refractivity contribution in [2.24, 2.45) is 0 Å². The maximum Gasteiger partial charge on any atom is 0.351 e. The van der Waals surface area contributed by atoms with Gasteiger partial charge in [0.2, 0.25) is 9.84 Å². The fraction of sp³-hybridized carbons (Fsp3) is 0.250. The zero-order chi connectivity index (χ0) is 20.9. The number of rotatable bonds is 7. The molecule has 0 amide bonds. The van der Waals surface area contributed by atoms with Crippen LogP contribution in [-0.4, -0.2) is 41.3 Å². The number of anilines is 1. The van der Waals surface area contributed by atoms with Crippen LogP contribution in [0.2, 0.25) is 0 Å². The van der Waals surface area contributed by atoms with Crippen molar-refractivity contribution >= 4 is 21.5 Å². The summed E-state index contributed by atoms with van der Waals surface area (Å²) in [4.78, 5) is 11.6. The summed E-state index contributed by atoms with van der Waals surface area (Å²) in [5.41, 5.74) is 0.526. The van der Waals surface area contributed by atoms with E-state index in [4.69, 9.17) is 14.2 Å². The lowest BCUT2D eigenvalue weighted by Gasteiger charge is -2.18. The Bertz CT molecular complexity index is 1010. The van der Waals surface area contributed by atoms with Gasteiger partial charge in [0.25, 0.3) is 0 Å². The molecule has 0 radical (unpaired) electrons. The van der Waals surface area contributed by atoms with Crippen LogP contribution in [0.25, 0.3) is 0 Å². The monoisotopic (exact) mass is 419 g/mol. The Kier molecular flexibility index (Phi) is 6.28. The summed E-state index contributed by atoms with van der Waals surface area (Å²) in [5, 5.41) is 2.82. The number of sulfone groups is 1. The summed E-state index contributed by atoms with van der Waals surface area (Å²) >= 11 is 0. The molecule has 0 spiro atoms. The van der Waals surface area contributed by atoms with Gasteiger partial charge in [-0.05, 0) is 43.3 Å². The number of methoxy groups -OCH3 is 1. The Morgan fingerprint density at radius 2 is 1.79 bits per heavy atom. The molecule has 1 aliphatic heterocycles. The first kappa shape index (κ1) is 20.5. The van der Waals surface area contributed by atoms with Crippen molar-refractivity contribution in [3.05, 3.63) is 53.6 Å². The lowest BCUT2D eigenvalue weighted by Crippen LogP contribution is -2.17. The minimum Gasteiger partial charge on any atom is -0.494 e. The maximum atomic E-state index is 13.0. The van der Waals surface area contributed by atoms with E-state index in [9.17, 15) is 13.2 Å². The number of ether oxygens (including phenoxy) is 4. The highest BCUT2D eigenvalue weighted by molar-refractivity contribution is 7.96. The average Bonchev–Trinajstić information content (AvgIpc) is 2.74. The third kappa shape index (κ3) is 4.62. The highest BCUT2D eigenvalue weighted by atomic mass is 32.2. The molecule has 2 aromatic rings. The molecular formula is C20H21NO7S. The van der Waals surface area contributed by atoms with Crippen LogP contribution in [0.1, 0.15) is 6.92 Å². The molecule has 2 aromatic carbocycles. The molecule has 9 heteroatoms. The quantitative estimate of drug-likeness (QED) is 0.540. The molecule has 0 aromatic heterocycles. The van der Waals surface area contributed by atoms with Crippen LogP contribution in [-0.2, 0) is 19.4 Å². The Balaban J connectivity index is 1.89. The predicted molar refractivity (Wildman–Crippen MR) is 106 cm³/mol. The topological polar surface area (TPSA) is 100 Å². The molecule has 0 saturated carbocycles. The van der Waals surface area contributed by atoms with Gasteiger partial charge in [-0.15, -0.1) is 0 Å². The van der Waals surface area contributed by atoms with Crippen molar-refractivity contribution in [2.45, 2.75) is 11.8 Å². The van der Waals surface area contributed by atoms with Crippen molar-refractivity contribution in [1.82, 2.24) is 0 Å². The van der Waals surface area contributed by atoms with E-state index < -0.39 is 20.7 Å². The first-order valence-corrected chi connectivity index (χ1v) is 10.4. The molecule has 0 fully saturated rings. The minimum absolute atomic E-state index is 0.0541. The van der Waals surface area contributed by atoms with Gasteiger partial charge < -0.3 is 24.3 Å². The molecule has 29 heavy (non-hydrogen) atoms. The number of fused-ring (bicyclic) bond motifs is 1. The van der Waals surface area contributed by atoms with Gasteiger partial charge in [-0.25, -0.2) is 13.2 Å². The highest BCUT2D eigenvalue weighted by Crippen LogP contribution is 2.33. The van der Waals surface area contributed by atoms with Crippen LogP contribution in [0.15, 0.2) is 58.5 Å². The number of hydrogen-bond acceptors (Lipinski definition) is 8. The van der Waals surface area contributed by atoms with Crippen molar-refractivity contribution in [1.29, 1.82) is 0 Å². The molecule has 0 aliphatic carbocycles. The number of hydrogen-bond donors (Lipinski definition) is 1. The van der Waals surface area contributed by atoms with E-state index in [2.05, 4.69) is 10.1 Å². The molecule has 0 unspecified atom stereocenters. The second-order valence-electron chi connectivity index (χ2n) is 5.91. The Morgan fingerprint density at radius 1 is 1.10 bits per heavy atom. The SMILES string of the molecule is CCOc1ccc(S(=O)(=O)/C(=C\Nc2ccc3c(c2)OCCO3)C(=O)OC)cc1. The second kappa shape index (κ2) is 8.87. The highest BCUT2D eigenvalue weighted by Gasteiger charge is 2.28. The van der Waals surface area contributed by atoms with Gasteiger partial charge in [-0.2, -0.15) is 0 Å². The summed E-state index contributed by atoms with van der Waals surface area (Å²) < 4.78 is 46.9. The Morgan fingerprint density at radius 3 is 2.45 bits per heavy atom. The molecule has 0 atom stereocenters. The van der Waals surface area contributed by atoms with Gasteiger partial charge in [-0.3, -0.25) is 0 Å². The Labute approximate surface area is 169 Å². The van der Waals surface area contributed by atoms with Gasteiger partial charge in [0.15, 0.2) is 16.4 Å². The second-order valence-corrected chi connectivity index (χ2v) is 7.83. The molecule has 1 aliphatic rings. The van der Waals surface area contributed by atoms with Gasteiger partial charge in [0.1, 0.15) is 19.0 Å². The number of carbonyl (C=O) groups excluding carboxylic acids is 1. The van der Waals surface area contributed by atoms with E-state index in [1.165, 1.54) is 24.3 Å². The minimum atomic E-state index is -4.12. The van der Waals surface area contributed by atoms with E-state index in [1.54, 1.807) is 18.2 Å². The van der Waals surface area contributed by atoms with E-state index in [0.717, 1.165) is 13.3 Å². The molecule has 1 N–H and O–H groups in total. The smallest absolute Gasteiger partial charge is 0.351 e. The van der Waals surface area contributed by atoms with Gasteiger partial charge >= 0.3 is 5.97 Å². The number of benzene rings is 2. The molecule has 3 rings (SSSR count). The van der Waals surface area contributed by atoms with Gasteiger partial charge in [-0.1, -0.05) is 0 Å². The fourth-order valence-electron chi connectivity index (χ4n) is 2.64. The van der Waals surface area contributed by atoms with Crippen LogP contribution in [0.5, 0.6) is 17.2 Å². The summed E-state index contributed by atoms with van der Waals surface area (Å²) in [6.45, 7) is 3.17. The summed E-state index contributed by atoms with van der Waals surface area (Å²) in [6.07, 6.45) is 1.10. The van der Waals surface area contributed by atoms with Crippen molar-refractivity contribution < 1.29 is 32.2 Å². The van der Waals surface area contributed by atoms with E-state index in [1.807, 2.05) is 6.92 Å². The van der Waals surface area contributed by atoms with Crippen LogP contribution < -0.4 is 19.5 Å². The molecule has 1 heterocycles. The zero-order valence-electron chi connectivity index (χ0n) is 16.0. The van der Waals surface area contributed by atoms with E-state index in [-0.39, 0.29) is 4.90 Å². The van der Waals surface area contributed by atoms with Crippen molar-refractivity contribution in [3.8, 4) is 17.2 Å². The van der Waals surface area contributed by atoms with Gasteiger partial charge in [0.05, 0.1) is 18.6 Å². The fourth-order valence-corrected chi connectivity index (χ4v) is 3.90. The van der Waals surface area contributed by atoms with Crippen molar-refractivity contribution in [2.75, 3.05) is 32.2 Å². The number of carbonyl (C=O) groups is 1. The maximum absolute atomic E-state index is 13.0. The van der Waals surface area contributed by atoms with E-state index in [0.29, 0.717) is 42.8 Å². The largest absolute Gasteiger partial charge is 0.494 e. The molecule has 0 bridgehead atoms. The Hall–Kier alpha value is -3.20. The third-order valence-electron chi connectivity index (χ3n) is 4.03. The number of nitrogens with one attached hydrogen (secondary N) is 1. The summed E-state index contributed by atoms with van der Waals surface area (Å²) in [6, 6.07) is 10.8. The third-order valence-corrected chi connectivity index (χ3v) is 5.79. The average molecular weight is 419 g/mol. The van der Waals surface area contributed by atoms with Crippen LogP contribution in [0, 0.1) is 0 Å². The first-order valence-electron chi connectivity index (χ1n) is 8.88. The molecular weight excluding hydrogens is 398 g/mol. The lowest BCUT2D eigenvalue weighted by molar-refractivity contribution is -0.135.